The van der Waals surface area contributed by atoms with Gasteiger partial charge in [-0.2, -0.15) is 5.10 Å². The summed E-state index contributed by atoms with van der Waals surface area (Å²) >= 11 is 0. The van der Waals surface area contributed by atoms with E-state index in [1.807, 2.05) is 23.4 Å². The van der Waals surface area contributed by atoms with E-state index >= 15 is 0 Å². The number of ether oxygens (including phenoxy) is 2. The number of hydrogen-bond donors (Lipinski definition) is 0. The molecule has 27 heavy (non-hydrogen) atoms. The number of aryl methyl sites for hydroxylation is 1. The molecule has 7 nitrogen and oxygen atoms in total. The fraction of sp³-hybridized carbons (Fsp3) is 0.800. The first kappa shape index (κ1) is 18.9. The fourth-order valence-corrected chi connectivity index (χ4v) is 4.76. The van der Waals surface area contributed by atoms with Crippen LogP contribution in [0.4, 0.5) is 0 Å². The molecule has 7 heteroatoms. The molecule has 0 bridgehead atoms. The molecule has 1 spiro atoms. The predicted octanol–water partition coefficient (Wildman–Crippen LogP) is 1.86. The number of carbonyl (C=O) groups excluding carboxylic acids is 1. The van der Waals surface area contributed by atoms with E-state index in [1.165, 1.54) is 0 Å². The van der Waals surface area contributed by atoms with Crippen molar-refractivity contribution in [2.75, 3.05) is 39.8 Å². The van der Waals surface area contributed by atoms with Gasteiger partial charge < -0.3 is 19.3 Å². The molecule has 0 unspecified atom stereocenters. The lowest BCUT2D eigenvalue weighted by atomic mass is 9.89. The van der Waals surface area contributed by atoms with E-state index in [4.69, 9.17) is 14.6 Å². The van der Waals surface area contributed by atoms with Crippen LogP contribution >= 0.6 is 0 Å². The van der Waals surface area contributed by atoms with Crippen LogP contribution in [0, 0.1) is 0 Å². The van der Waals surface area contributed by atoms with Gasteiger partial charge >= 0.3 is 0 Å². The summed E-state index contributed by atoms with van der Waals surface area (Å²) in [5, 5.41) is 4.72. The van der Waals surface area contributed by atoms with Crippen LogP contribution in [-0.4, -0.2) is 77.0 Å². The van der Waals surface area contributed by atoms with Gasteiger partial charge in [-0.25, -0.2) is 0 Å². The van der Waals surface area contributed by atoms with Gasteiger partial charge in [0.25, 0.3) is 5.91 Å². The van der Waals surface area contributed by atoms with Gasteiger partial charge in [-0.15, -0.1) is 0 Å². The zero-order chi connectivity index (χ0) is 19.2. The summed E-state index contributed by atoms with van der Waals surface area (Å²) < 4.78 is 14.0. The molecule has 2 saturated heterocycles. The van der Waals surface area contributed by atoms with Crippen LogP contribution in [0.1, 0.15) is 61.5 Å². The van der Waals surface area contributed by atoms with Crippen LogP contribution in [0.15, 0.2) is 0 Å². The van der Waals surface area contributed by atoms with Gasteiger partial charge in [0.1, 0.15) is 5.69 Å². The van der Waals surface area contributed by atoms with Crippen molar-refractivity contribution < 1.29 is 14.3 Å². The standard InChI is InChI=1S/C20H32N4O3/c1-5-24-18(16-12-14(2)27-15(3)17(16)21-24)19(25)23-10-11-26-20(13-23)6-8-22(4)9-7-20/h14-15H,5-13H2,1-4H3/t14-,15+/m0/s1. The predicted molar refractivity (Wildman–Crippen MR) is 102 cm³/mol. The second-order valence-electron chi connectivity index (χ2n) is 8.38. The van der Waals surface area contributed by atoms with Crippen LogP contribution in [0.3, 0.4) is 0 Å². The number of morpholine rings is 1. The third-order valence-corrected chi connectivity index (χ3v) is 6.33. The number of nitrogens with zero attached hydrogens (tertiary/aromatic N) is 4. The number of aromatic nitrogens is 2. The Morgan fingerprint density at radius 3 is 2.70 bits per heavy atom. The van der Waals surface area contributed by atoms with Gasteiger partial charge in [0.05, 0.1) is 36.7 Å². The molecule has 1 aromatic heterocycles. The molecule has 4 rings (SSSR count). The fourth-order valence-electron chi connectivity index (χ4n) is 4.76. The number of fused-ring (bicyclic) bond motifs is 1. The van der Waals surface area contributed by atoms with E-state index in [-0.39, 0.29) is 23.7 Å². The Labute approximate surface area is 161 Å². The van der Waals surface area contributed by atoms with Crippen LogP contribution in [-0.2, 0) is 22.4 Å². The van der Waals surface area contributed by atoms with Gasteiger partial charge in [-0.1, -0.05) is 0 Å². The van der Waals surface area contributed by atoms with Crippen molar-refractivity contribution in [1.82, 2.24) is 19.6 Å². The lowest BCUT2D eigenvalue weighted by Crippen LogP contribution is -2.57. The number of amides is 1. The van der Waals surface area contributed by atoms with Crippen molar-refractivity contribution >= 4 is 5.91 Å². The van der Waals surface area contributed by atoms with E-state index in [2.05, 4.69) is 18.9 Å². The minimum Gasteiger partial charge on any atom is -0.371 e. The molecule has 3 aliphatic rings. The highest BCUT2D eigenvalue weighted by Crippen LogP contribution is 2.34. The van der Waals surface area contributed by atoms with Crippen molar-refractivity contribution in [1.29, 1.82) is 0 Å². The summed E-state index contributed by atoms with van der Waals surface area (Å²) in [5.74, 6) is 0.105. The van der Waals surface area contributed by atoms with Crippen molar-refractivity contribution in [2.45, 2.75) is 64.4 Å². The molecule has 1 amide bonds. The molecule has 150 valence electrons. The second kappa shape index (κ2) is 7.18. The Morgan fingerprint density at radius 1 is 1.26 bits per heavy atom. The quantitative estimate of drug-likeness (QED) is 0.789. The maximum absolute atomic E-state index is 13.6. The zero-order valence-electron chi connectivity index (χ0n) is 17.0. The van der Waals surface area contributed by atoms with E-state index in [0.717, 1.165) is 49.3 Å². The molecule has 4 heterocycles. The molecular weight excluding hydrogens is 344 g/mol. The zero-order valence-corrected chi connectivity index (χ0v) is 17.0. The summed E-state index contributed by atoms with van der Waals surface area (Å²) in [6.45, 7) is 10.8. The molecule has 3 aliphatic heterocycles. The molecule has 0 aliphatic carbocycles. The third kappa shape index (κ3) is 3.41. The Hall–Kier alpha value is -1.44. The number of rotatable bonds is 2. The molecule has 0 N–H and O–H groups in total. The van der Waals surface area contributed by atoms with Crippen molar-refractivity contribution in [2.24, 2.45) is 0 Å². The van der Waals surface area contributed by atoms with Crippen molar-refractivity contribution in [3.63, 3.8) is 0 Å². The van der Waals surface area contributed by atoms with E-state index in [1.54, 1.807) is 0 Å². The third-order valence-electron chi connectivity index (χ3n) is 6.33. The maximum Gasteiger partial charge on any atom is 0.272 e. The molecule has 0 aromatic carbocycles. The average Bonchev–Trinajstić information content (AvgIpc) is 3.03. The largest absolute Gasteiger partial charge is 0.371 e. The van der Waals surface area contributed by atoms with Crippen LogP contribution in [0.5, 0.6) is 0 Å². The second-order valence-corrected chi connectivity index (χ2v) is 8.38. The molecule has 2 fully saturated rings. The molecule has 1 aromatic rings. The Kier molecular flexibility index (Phi) is 5.03. The first-order valence-corrected chi connectivity index (χ1v) is 10.3. The lowest BCUT2D eigenvalue weighted by molar-refractivity contribution is -0.125. The number of carbonyl (C=O) groups is 1. The lowest BCUT2D eigenvalue weighted by Gasteiger charge is -2.46. The minimum atomic E-state index is -0.179. The highest BCUT2D eigenvalue weighted by Gasteiger charge is 2.42. The first-order valence-electron chi connectivity index (χ1n) is 10.3. The summed E-state index contributed by atoms with van der Waals surface area (Å²) in [5.41, 5.74) is 2.60. The Balaban J connectivity index is 1.61. The highest BCUT2D eigenvalue weighted by molar-refractivity contribution is 5.94. The first-order chi connectivity index (χ1) is 12.9. The van der Waals surface area contributed by atoms with Crippen LogP contribution < -0.4 is 0 Å². The molecular formula is C20H32N4O3. The number of likely N-dealkylation sites (tertiary alicyclic amines) is 1. The Morgan fingerprint density at radius 2 is 2.00 bits per heavy atom. The van der Waals surface area contributed by atoms with Gasteiger partial charge in [-0.05, 0) is 40.7 Å². The van der Waals surface area contributed by atoms with Crippen LogP contribution in [0.25, 0.3) is 0 Å². The van der Waals surface area contributed by atoms with E-state index < -0.39 is 0 Å². The average molecular weight is 377 g/mol. The minimum absolute atomic E-state index is 0.0620. The van der Waals surface area contributed by atoms with Gasteiger partial charge in [0, 0.05) is 38.2 Å². The van der Waals surface area contributed by atoms with Crippen LogP contribution in [0.2, 0.25) is 0 Å². The van der Waals surface area contributed by atoms with E-state index in [9.17, 15) is 4.79 Å². The highest BCUT2D eigenvalue weighted by atomic mass is 16.5. The van der Waals surface area contributed by atoms with Crippen molar-refractivity contribution in [3.8, 4) is 0 Å². The summed E-state index contributed by atoms with van der Waals surface area (Å²) in [6.07, 6.45) is 2.77. The number of piperidine rings is 1. The molecule has 0 saturated carbocycles. The SMILES string of the molecule is CCn1nc2c(c1C(=O)N1CCOC3(CCN(C)CC3)C1)C[C@H](C)O[C@@H]2C. The summed E-state index contributed by atoms with van der Waals surface area (Å²) in [7, 11) is 2.15. The van der Waals surface area contributed by atoms with E-state index in [0.29, 0.717) is 26.2 Å². The normalized spacial score (nSPS) is 28.4. The summed E-state index contributed by atoms with van der Waals surface area (Å²) in [4.78, 5) is 17.9. The number of hydrogen-bond acceptors (Lipinski definition) is 5. The Bertz CT molecular complexity index is 708. The maximum atomic E-state index is 13.6. The topological polar surface area (TPSA) is 59.8 Å². The van der Waals surface area contributed by atoms with Crippen molar-refractivity contribution in [3.05, 3.63) is 17.0 Å². The molecule has 2 atom stereocenters. The van der Waals surface area contributed by atoms with Gasteiger partial charge in [-0.3, -0.25) is 9.48 Å². The molecule has 0 radical (unpaired) electrons. The smallest absolute Gasteiger partial charge is 0.272 e. The monoisotopic (exact) mass is 376 g/mol. The summed E-state index contributed by atoms with van der Waals surface area (Å²) in [6, 6.07) is 0. The van der Waals surface area contributed by atoms with Gasteiger partial charge in [0.15, 0.2) is 0 Å². The van der Waals surface area contributed by atoms with Gasteiger partial charge in [0.2, 0.25) is 0 Å².